The van der Waals surface area contributed by atoms with Gasteiger partial charge >= 0.3 is 0 Å². The van der Waals surface area contributed by atoms with Gasteiger partial charge in [0.1, 0.15) is 0 Å². The Balaban J connectivity index is 2.60. The third kappa shape index (κ3) is 4.65. The van der Waals surface area contributed by atoms with Crippen LogP contribution in [0.15, 0.2) is 11.1 Å². The molecular formula is C16H27NO2S. The molecule has 114 valence electrons. The monoisotopic (exact) mass is 297 g/mol. The molecule has 0 aromatic rings. The predicted octanol–water partition coefficient (Wildman–Crippen LogP) is 4.44. The van der Waals surface area contributed by atoms with Crippen molar-refractivity contribution in [1.29, 1.82) is 0 Å². The van der Waals surface area contributed by atoms with Crippen LogP contribution in [0.25, 0.3) is 0 Å². The molecule has 0 bridgehead atoms. The summed E-state index contributed by atoms with van der Waals surface area (Å²) in [5.74, 6) is -0.388. The van der Waals surface area contributed by atoms with Crippen molar-refractivity contribution in [2.24, 2.45) is 0 Å². The number of unbranched alkanes of at least 4 members (excludes halogenated alkanes) is 6. The summed E-state index contributed by atoms with van der Waals surface area (Å²) < 4.78 is 0.990. The van der Waals surface area contributed by atoms with Gasteiger partial charge in [-0.1, -0.05) is 65.2 Å². The number of carbonyl (C=O) groups is 2. The molecule has 0 aromatic heterocycles. The minimum Gasteiger partial charge on any atom is -0.268 e. The van der Waals surface area contributed by atoms with Crippen molar-refractivity contribution in [3.8, 4) is 0 Å². The molecule has 0 fully saturated rings. The van der Waals surface area contributed by atoms with E-state index in [4.69, 9.17) is 0 Å². The molecule has 0 unspecified atom stereocenters. The average Bonchev–Trinajstić information content (AvgIpc) is 2.65. The smallest absolute Gasteiger partial charge is 0.267 e. The minimum atomic E-state index is -0.194. The summed E-state index contributed by atoms with van der Waals surface area (Å²) in [4.78, 5) is 24.1. The maximum Gasteiger partial charge on any atom is 0.267 e. The predicted molar refractivity (Wildman–Crippen MR) is 85.4 cm³/mol. The lowest BCUT2D eigenvalue weighted by Gasteiger charge is -2.04. The average molecular weight is 297 g/mol. The highest BCUT2D eigenvalue weighted by molar-refractivity contribution is 7.79. The molecule has 20 heavy (non-hydrogen) atoms. The highest BCUT2D eigenvalue weighted by atomic mass is 32.1. The summed E-state index contributed by atoms with van der Waals surface area (Å²) in [7, 11) is 0. The van der Waals surface area contributed by atoms with E-state index in [0.29, 0.717) is 0 Å². The number of imide groups is 1. The fraction of sp³-hybridized carbons (Fsp3) is 0.750. The van der Waals surface area contributed by atoms with E-state index in [-0.39, 0.29) is 11.8 Å². The van der Waals surface area contributed by atoms with Crippen molar-refractivity contribution < 1.29 is 9.59 Å². The summed E-state index contributed by atoms with van der Waals surface area (Å²) in [6, 6.07) is 0. The lowest BCUT2D eigenvalue weighted by Crippen LogP contribution is -2.21. The van der Waals surface area contributed by atoms with Crippen molar-refractivity contribution in [1.82, 2.24) is 4.31 Å². The molecule has 1 heterocycles. The molecule has 0 atom stereocenters. The molecule has 1 aliphatic rings. The molecular weight excluding hydrogens is 270 g/mol. The second-order valence-electron chi connectivity index (χ2n) is 5.50. The second-order valence-corrected chi connectivity index (χ2v) is 5.90. The van der Waals surface area contributed by atoms with Crippen LogP contribution >= 0.6 is 12.8 Å². The maximum absolute atomic E-state index is 12.0. The fourth-order valence-corrected chi connectivity index (χ4v) is 2.82. The summed E-state index contributed by atoms with van der Waals surface area (Å²) >= 11 is 4.02. The van der Waals surface area contributed by atoms with Crippen LogP contribution in [-0.4, -0.2) is 16.1 Å². The molecule has 4 heteroatoms. The number of amides is 2. The highest BCUT2D eigenvalue weighted by Gasteiger charge is 2.35. The van der Waals surface area contributed by atoms with E-state index < -0.39 is 0 Å². The van der Waals surface area contributed by atoms with Crippen LogP contribution in [0, 0.1) is 0 Å². The lowest BCUT2D eigenvalue weighted by atomic mass is 9.98. The fourth-order valence-electron chi connectivity index (χ4n) is 2.58. The SMILES string of the molecule is CCCCCCC1=C(CCCCCC)C(=O)N(S)C1=O. The van der Waals surface area contributed by atoms with Crippen LogP contribution in [0.5, 0.6) is 0 Å². The Morgan fingerprint density at radius 2 is 1.15 bits per heavy atom. The van der Waals surface area contributed by atoms with Crippen molar-refractivity contribution >= 4 is 24.6 Å². The molecule has 1 aliphatic heterocycles. The van der Waals surface area contributed by atoms with Gasteiger partial charge in [0.25, 0.3) is 11.8 Å². The summed E-state index contributed by atoms with van der Waals surface area (Å²) in [6.07, 6.45) is 10.4. The Morgan fingerprint density at radius 1 is 0.750 bits per heavy atom. The number of hydrogen-bond donors (Lipinski definition) is 1. The molecule has 0 saturated heterocycles. The summed E-state index contributed by atoms with van der Waals surface area (Å²) in [5.41, 5.74) is 1.44. The van der Waals surface area contributed by atoms with E-state index in [1.54, 1.807) is 0 Å². The normalized spacial score (nSPS) is 15.7. The van der Waals surface area contributed by atoms with Gasteiger partial charge in [-0.05, 0) is 25.7 Å². The Labute approximate surface area is 128 Å². The van der Waals surface area contributed by atoms with Crippen LogP contribution in [0.2, 0.25) is 0 Å². The van der Waals surface area contributed by atoms with Crippen molar-refractivity contribution in [3.05, 3.63) is 11.1 Å². The van der Waals surface area contributed by atoms with Gasteiger partial charge in [-0.15, -0.1) is 0 Å². The van der Waals surface area contributed by atoms with E-state index in [0.717, 1.165) is 54.0 Å². The number of thiol groups is 1. The highest BCUT2D eigenvalue weighted by Crippen LogP contribution is 2.30. The molecule has 1 rings (SSSR count). The van der Waals surface area contributed by atoms with Crippen molar-refractivity contribution in [2.75, 3.05) is 0 Å². The van der Waals surface area contributed by atoms with Gasteiger partial charge in [-0.2, -0.15) is 0 Å². The maximum atomic E-state index is 12.0. The van der Waals surface area contributed by atoms with Gasteiger partial charge in [0.05, 0.1) is 0 Å². The number of carbonyl (C=O) groups excluding carboxylic acids is 2. The third-order valence-corrected chi connectivity index (χ3v) is 4.19. The first-order valence-electron chi connectivity index (χ1n) is 7.93. The number of nitrogens with zero attached hydrogens (tertiary/aromatic N) is 1. The van der Waals surface area contributed by atoms with Gasteiger partial charge in [-0.25, -0.2) is 4.31 Å². The van der Waals surface area contributed by atoms with Gasteiger partial charge in [0.2, 0.25) is 0 Å². The zero-order valence-corrected chi connectivity index (χ0v) is 13.7. The third-order valence-electron chi connectivity index (χ3n) is 3.83. The Kier molecular flexibility index (Phi) is 7.97. The van der Waals surface area contributed by atoms with E-state index in [9.17, 15) is 9.59 Å². The first-order valence-corrected chi connectivity index (χ1v) is 8.33. The molecule has 3 nitrogen and oxygen atoms in total. The van der Waals surface area contributed by atoms with Gasteiger partial charge in [-0.3, -0.25) is 9.59 Å². The second kappa shape index (κ2) is 9.22. The van der Waals surface area contributed by atoms with Crippen molar-refractivity contribution in [3.63, 3.8) is 0 Å². The van der Waals surface area contributed by atoms with E-state index in [1.165, 1.54) is 25.7 Å². The molecule has 0 aromatic carbocycles. The summed E-state index contributed by atoms with van der Waals surface area (Å²) in [5, 5.41) is 0. The van der Waals surface area contributed by atoms with E-state index in [2.05, 4.69) is 26.7 Å². The molecule has 0 spiro atoms. The molecule has 0 radical (unpaired) electrons. The van der Waals surface area contributed by atoms with Crippen LogP contribution < -0.4 is 0 Å². The molecule has 0 aliphatic carbocycles. The van der Waals surface area contributed by atoms with Gasteiger partial charge in [0, 0.05) is 11.1 Å². The Morgan fingerprint density at radius 3 is 1.50 bits per heavy atom. The lowest BCUT2D eigenvalue weighted by molar-refractivity contribution is -0.131. The molecule has 0 saturated carbocycles. The van der Waals surface area contributed by atoms with E-state index >= 15 is 0 Å². The molecule has 0 N–H and O–H groups in total. The number of hydrogen-bond acceptors (Lipinski definition) is 3. The van der Waals surface area contributed by atoms with E-state index in [1.807, 2.05) is 0 Å². The quantitative estimate of drug-likeness (QED) is 0.368. The zero-order chi connectivity index (χ0) is 15.0. The largest absolute Gasteiger partial charge is 0.268 e. The standard InChI is InChI=1S/C16H27NO2S/c1-3-5-7-9-11-13-14(12-10-8-6-4-2)16(19)17(20)15(13)18/h20H,3-12H2,1-2H3. The van der Waals surface area contributed by atoms with Crippen LogP contribution in [0.4, 0.5) is 0 Å². The topological polar surface area (TPSA) is 37.4 Å². The van der Waals surface area contributed by atoms with Crippen LogP contribution in [0.3, 0.4) is 0 Å². The molecule has 2 amide bonds. The van der Waals surface area contributed by atoms with Crippen LogP contribution in [0.1, 0.15) is 78.1 Å². The van der Waals surface area contributed by atoms with Crippen molar-refractivity contribution in [2.45, 2.75) is 78.1 Å². The minimum absolute atomic E-state index is 0.194. The first kappa shape index (κ1) is 17.3. The Bertz CT molecular complexity index is 343. The number of rotatable bonds is 10. The first-order chi connectivity index (χ1) is 9.63. The Hall–Kier alpha value is -0.770. The van der Waals surface area contributed by atoms with Crippen LogP contribution in [-0.2, 0) is 9.59 Å². The summed E-state index contributed by atoms with van der Waals surface area (Å²) in [6.45, 7) is 4.33. The van der Waals surface area contributed by atoms with Gasteiger partial charge in [0.15, 0.2) is 0 Å². The van der Waals surface area contributed by atoms with Gasteiger partial charge < -0.3 is 0 Å². The zero-order valence-electron chi connectivity index (χ0n) is 12.8.